The Hall–Kier alpha value is -0.770. The van der Waals surface area contributed by atoms with E-state index in [1.807, 2.05) is 6.92 Å². The highest BCUT2D eigenvalue weighted by Gasteiger charge is 2.29. The van der Waals surface area contributed by atoms with E-state index in [0.29, 0.717) is 5.92 Å². The summed E-state index contributed by atoms with van der Waals surface area (Å²) in [6.07, 6.45) is 18.8. The van der Waals surface area contributed by atoms with Crippen molar-refractivity contribution >= 4 is 0 Å². The minimum absolute atomic E-state index is 0.208. The van der Waals surface area contributed by atoms with Crippen LogP contribution in [-0.2, 0) is 0 Å². The van der Waals surface area contributed by atoms with Gasteiger partial charge in [-0.05, 0) is 87.9 Å². The predicted octanol–water partition coefficient (Wildman–Crippen LogP) is 6.75. The number of hydrogen-bond donors (Lipinski definition) is 0. The molecule has 0 bridgehead atoms. The topological polar surface area (TPSA) is 23.8 Å². The first-order valence-electron chi connectivity index (χ1n) is 10.2. The second kappa shape index (κ2) is 9.51. The van der Waals surface area contributed by atoms with Gasteiger partial charge in [-0.15, -0.1) is 0 Å². The Bertz CT molecular complexity index is 389. The van der Waals surface area contributed by atoms with Crippen LogP contribution in [0.25, 0.3) is 0 Å². The molecule has 2 unspecified atom stereocenters. The average Bonchev–Trinajstić information content (AvgIpc) is 2.59. The van der Waals surface area contributed by atoms with Crippen molar-refractivity contribution in [3.63, 3.8) is 0 Å². The van der Waals surface area contributed by atoms with Crippen molar-refractivity contribution in [3.05, 3.63) is 12.2 Å². The van der Waals surface area contributed by atoms with Gasteiger partial charge in [0, 0.05) is 5.92 Å². The van der Waals surface area contributed by atoms with Crippen LogP contribution in [0.15, 0.2) is 12.2 Å². The van der Waals surface area contributed by atoms with E-state index in [-0.39, 0.29) is 5.92 Å². The van der Waals surface area contributed by atoms with Gasteiger partial charge in [-0.25, -0.2) is 0 Å². The quantitative estimate of drug-likeness (QED) is 0.497. The highest BCUT2D eigenvalue weighted by Crippen LogP contribution is 2.41. The van der Waals surface area contributed by atoms with Crippen LogP contribution in [0.3, 0.4) is 0 Å². The fourth-order valence-electron chi connectivity index (χ4n) is 4.59. The van der Waals surface area contributed by atoms with E-state index in [1.165, 1.54) is 51.4 Å². The second-order valence-corrected chi connectivity index (χ2v) is 8.66. The summed E-state index contributed by atoms with van der Waals surface area (Å²) in [6.45, 7) is 6.76. The molecular formula is C22H37N. The molecule has 130 valence electrons. The van der Waals surface area contributed by atoms with Crippen molar-refractivity contribution in [1.82, 2.24) is 0 Å². The van der Waals surface area contributed by atoms with E-state index >= 15 is 0 Å². The Labute approximate surface area is 144 Å². The molecule has 0 aliphatic heterocycles. The summed E-state index contributed by atoms with van der Waals surface area (Å²) in [7, 11) is 0. The van der Waals surface area contributed by atoms with E-state index in [2.05, 4.69) is 32.1 Å². The number of allylic oxidation sites excluding steroid dienone is 2. The highest BCUT2D eigenvalue weighted by atomic mass is 14.3. The molecule has 2 atom stereocenters. The molecule has 1 heteroatoms. The normalized spacial score (nSPS) is 34.9. The average molecular weight is 316 g/mol. The van der Waals surface area contributed by atoms with E-state index in [0.717, 1.165) is 36.5 Å². The lowest BCUT2D eigenvalue weighted by Crippen LogP contribution is -2.24. The Morgan fingerprint density at radius 3 is 2.04 bits per heavy atom. The minimum atomic E-state index is 0.208. The van der Waals surface area contributed by atoms with Crippen LogP contribution in [0, 0.1) is 46.8 Å². The van der Waals surface area contributed by atoms with Crippen molar-refractivity contribution in [2.24, 2.45) is 35.5 Å². The van der Waals surface area contributed by atoms with Gasteiger partial charge in [0.2, 0.25) is 0 Å². The number of rotatable bonds is 6. The largest absolute Gasteiger partial charge is 0.198 e. The standard InChI is InChI=1S/C22H37N/c1-17(4-5-19(3)16-23)6-9-20-10-14-22(15-11-20)21-12-7-18(2)8-13-21/h6,9,17-22H,4-5,7-8,10-15H2,1-3H3. The Morgan fingerprint density at radius 2 is 1.48 bits per heavy atom. The van der Waals surface area contributed by atoms with Crippen LogP contribution in [0.1, 0.15) is 85.0 Å². The van der Waals surface area contributed by atoms with Gasteiger partial charge in [-0.1, -0.05) is 38.8 Å². The van der Waals surface area contributed by atoms with Crippen molar-refractivity contribution in [2.45, 2.75) is 85.0 Å². The highest BCUT2D eigenvalue weighted by molar-refractivity contribution is 4.95. The molecular weight excluding hydrogens is 278 g/mol. The zero-order valence-corrected chi connectivity index (χ0v) is 15.6. The van der Waals surface area contributed by atoms with E-state index in [1.54, 1.807) is 0 Å². The molecule has 23 heavy (non-hydrogen) atoms. The Kier molecular flexibility index (Phi) is 7.68. The zero-order chi connectivity index (χ0) is 16.7. The van der Waals surface area contributed by atoms with Gasteiger partial charge in [0.15, 0.2) is 0 Å². The maximum absolute atomic E-state index is 8.86. The first-order valence-corrected chi connectivity index (χ1v) is 10.2. The number of nitriles is 1. The molecule has 0 radical (unpaired) electrons. The summed E-state index contributed by atoms with van der Waals surface area (Å²) in [5, 5.41) is 8.86. The number of hydrogen-bond acceptors (Lipinski definition) is 1. The van der Waals surface area contributed by atoms with Crippen molar-refractivity contribution in [3.8, 4) is 6.07 Å². The summed E-state index contributed by atoms with van der Waals surface area (Å²) < 4.78 is 0. The zero-order valence-electron chi connectivity index (χ0n) is 15.6. The number of nitrogens with zero attached hydrogens (tertiary/aromatic N) is 1. The monoisotopic (exact) mass is 315 g/mol. The van der Waals surface area contributed by atoms with Crippen LogP contribution < -0.4 is 0 Å². The molecule has 0 aromatic carbocycles. The molecule has 2 saturated carbocycles. The van der Waals surface area contributed by atoms with E-state index in [9.17, 15) is 0 Å². The first-order chi connectivity index (χ1) is 11.1. The minimum Gasteiger partial charge on any atom is -0.198 e. The summed E-state index contributed by atoms with van der Waals surface area (Å²) in [5.41, 5.74) is 0. The maximum Gasteiger partial charge on any atom is 0.0652 e. The lowest BCUT2D eigenvalue weighted by atomic mass is 9.69. The second-order valence-electron chi connectivity index (χ2n) is 8.66. The van der Waals surface area contributed by atoms with Crippen molar-refractivity contribution in [2.75, 3.05) is 0 Å². The van der Waals surface area contributed by atoms with Gasteiger partial charge in [0.25, 0.3) is 0 Å². The Morgan fingerprint density at radius 1 is 0.913 bits per heavy atom. The summed E-state index contributed by atoms with van der Waals surface area (Å²) in [6, 6.07) is 2.34. The Balaban J connectivity index is 1.66. The van der Waals surface area contributed by atoms with Crippen LogP contribution in [0.4, 0.5) is 0 Å². The van der Waals surface area contributed by atoms with Gasteiger partial charge in [0.1, 0.15) is 0 Å². The van der Waals surface area contributed by atoms with Gasteiger partial charge in [-0.3, -0.25) is 0 Å². The molecule has 0 heterocycles. The maximum atomic E-state index is 8.86. The molecule has 1 nitrogen and oxygen atoms in total. The fraction of sp³-hybridized carbons (Fsp3) is 0.864. The third-order valence-electron chi connectivity index (χ3n) is 6.53. The smallest absolute Gasteiger partial charge is 0.0652 e. The van der Waals surface area contributed by atoms with Gasteiger partial charge in [-0.2, -0.15) is 5.26 Å². The lowest BCUT2D eigenvalue weighted by Gasteiger charge is -2.36. The molecule has 0 saturated heterocycles. The first kappa shape index (κ1) is 18.6. The van der Waals surface area contributed by atoms with Crippen LogP contribution in [-0.4, -0.2) is 0 Å². The third-order valence-corrected chi connectivity index (χ3v) is 6.53. The molecule has 2 rings (SSSR count). The fourth-order valence-corrected chi connectivity index (χ4v) is 4.59. The lowest BCUT2D eigenvalue weighted by molar-refractivity contribution is 0.160. The predicted molar refractivity (Wildman–Crippen MR) is 98.9 cm³/mol. The molecule has 2 aliphatic carbocycles. The summed E-state index contributed by atoms with van der Waals surface area (Å²) in [4.78, 5) is 0. The molecule has 0 N–H and O–H groups in total. The molecule has 0 aromatic rings. The van der Waals surface area contributed by atoms with Crippen molar-refractivity contribution in [1.29, 1.82) is 5.26 Å². The molecule has 0 amide bonds. The third kappa shape index (κ3) is 6.33. The van der Waals surface area contributed by atoms with Crippen LogP contribution in [0.5, 0.6) is 0 Å². The molecule has 2 fully saturated rings. The van der Waals surface area contributed by atoms with Crippen LogP contribution >= 0.6 is 0 Å². The van der Waals surface area contributed by atoms with Gasteiger partial charge < -0.3 is 0 Å². The molecule has 0 spiro atoms. The SMILES string of the molecule is CC(C#N)CCC(C)C=CC1CCC(C2CCC(C)CC2)CC1. The summed E-state index contributed by atoms with van der Waals surface area (Å²) >= 11 is 0. The summed E-state index contributed by atoms with van der Waals surface area (Å²) in [5.74, 6) is 4.71. The van der Waals surface area contributed by atoms with Crippen LogP contribution in [0.2, 0.25) is 0 Å². The van der Waals surface area contributed by atoms with E-state index in [4.69, 9.17) is 5.26 Å². The molecule has 0 aromatic heterocycles. The van der Waals surface area contributed by atoms with Gasteiger partial charge >= 0.3 is 0 Å². The van der Waals surface area contributed by atoms with E-state index < -0.39 is 0 Å². The molecule has 2 aliphatic rings. The van der Waals surface area contributed by atoms with Crippen molar-refractivity contribution < 1.29 is 0 Å². The van der Waals surface area contributed by atoms with Gasteiger partial charge in [0.05, 0.1) is 6.07 Å².